The Balaban J connectivity index is 2.32. The molecule has 4 N–H and O–H groups in total. The zero-order valence-electron chi connectivity index (χ0n) is 11.3. The van der Waals surface area contributed by atoms with E-state index in [2.05, 4.69) is 0 Å². The smallest absolute Gasteiger partial charge is 0.293 e. The monoisotopic (exact) mass is 278 g/mol. The third kappa shape index (κ3) is 2.72. The normalized spacial score (nSPS) is 16.2. The number of nitro groups is 1. The van der Waals surface area contributed by atoms with Gasteiger partial charge in [0, 0.05) is 25.2 Å². The van der Waals surface area contributed by atoms with Crippen LogP contribution >= 0.6 is 0 Å². The van der Waals surface area contributed by atoms with Crippen molar-refractivity contribution in [1.29, 1.82) is 0 Å². The SMILES string of the molecule is Cc1cc(C(=O)N2CCC(N)CC2)c(N)c([N+](=O)[O-])c1. The van der Waals surface area contributed by atoms with Crippen molar-refractivity contribution >= 4 is 17.3 Å². The number of hydrogen-bond donors (Lipinski definition) is 2. The minimum atomic E-state index is -0.564. The van der Waals surface area contributed by atoms with Gasteiger partial charge in [-0.1, -0.05) is 0 Å². The van der Waals surface area contributed by atoms with Gasteiger partial charge in [-0.25, -0.2) is 0 Å². The molecule has 0 unspecified atom stereocenters. The molecule has 1 heterocycles. The summed E-state index contributed by atoms with van der Waals surface area (Å²) in [6, 6.07) is 3.08. The number of aryl methyl sites for hydroxylation is 1. The van der Waals surface area contributed by atoms with Gasteiger partial charge in [-0.05, 0) is 31.4 Å². The molecular formula is C13H18N4O3. The number of piperidine rings is 1. The van der Waals surface area contributed by atoms with E-state index in [0.29, 0.717) is 18.7 Å². The maximum absolute atomic E-state index is 12.4. The molecule has 20 heavy (non-hydrogen) atoms. The fourth-order valence-electron chi connectivity index (χ4n) is 2.38. The number of rotatable bonds is 2. The van der Waals surface area contributed by atoms with Gasteiger partial charge in [-0.3, -0.25) is 14.9 Å². The lowest BCUT2D eigenvalue weighted by Gasteiger charge is -2.30. The Kier molecular flexibility index (Phi) is 3.89. The minimum Gasteiger partial charge on any atom is -0.393 e. The average Bonchev–Trinajstić information content (AvgIpc) is 2.41. The maximum Gasteiger partial charge on any atom is 0.293 e. The Hall–Kier alpha value is -2.15. The summed E-state index contributed by atoms with van der Waals surface area (Å²) in [5.74, 6) is -0.263. The van der Waals surface area contributed by atoms with Gasteiger partial charge in [-0.15, -0.1) is 0 Å². The maximum atomic E-state index is 12.4. The summed E-state index contributed by atoms with van der Waals surface area (Å²) in [6.07, 6.45) is 1.47. The quantitative estimate of drug-likeness (QED) is 0.476. The first kappa shape index (κ1) is 14.3. The number of nitrogen functional groups attached to an aromatic ring is 1. The van der Waals surface area contributed by atoms with E-state index in [1.54, 1.807) is 17.9 Å². The van der Waals surface area contributed by atoms with Crippen molar-refractivity contribution in [3.05, 3.63) is 33.4 Å². The molecule has 1 aromatic rings. The summed E-state index contributed by atoms with van der Waals surface area (Å²) in [6.45, 7) is 2.82. The van der Waals surface area contributed by atoms with Crippen molar-refractivity contribution < 1.29 is 9.72 Å². The molecule has 1 aliphatic rings. The number of nitro benzene ring substituents is 1. The zero-order chi connectivity index (χ0) is 14.9. The van der Waals surface area contributed by atoms with Crippen LogP contribution in [0.25, 0.3) is 0 Å². The van der Waals surface area contributed by atoms with Gasteiger partial charge in [0.2, 0.25) is 0 Å². The number of nitrogens with zero attached hydrogens (tertiary/aromatic N) is 2. The van der Waals surface area contributed by atoms with Gasteiger partial charge in [0.25, 0.3) is 11.6 Å². The topological polar surface area (TPSA) is 115 Å². The van der Waals surface area contributed by atoms with Crippen molar-refractivity contribution in [2.45, 2.75) is 25.8 Å². The van der Waals surface area contributed by atoms with Crippen LogP contribution in [0, 0.1) is 17.0 Å². The van der Waals surface area contributed by atoms with Crippen LogP contribution in [0.3, 0.4) is 0 Å². The van der Waals surface area contributed by atoms with Crippen molar-refractivity contribution in [2.75, 3.05) is 18.8 Å². The first-order chi connectivity index (χ1) is 9.40. The van der Waals surface area contributed by atoms with E-state index in [9.17, 15) is 14.9 Å². The number of carbonyl (C=O) groups is 1. The molecule has 1 aliphatic heterocycles. The Morgan fingerprint density at radius 3 is 2.55 bits per heavy atom. The number of nitrogens with two attached hydrogens (primary N) is 2. The lowest BCUT2D eigenvalue weighted by Crippen LogP contribution is -2.43. The lowest BCUT2D eigenvalue weighted by molar-refractivity contribution is -0.384. The van der Waals surface area contributed by atoms with Crippen LogP contribution < -0.4 is 11.5 Å². The first-order valence-electron chi connectivity index (χ1n) is 6.49. The lowest BCUT2D eigenvalue weighted by atomic mass is 10.0. The summed E-state index contributed by atoms with van der Waals surface area (Å²) < 4.78 is 0. The van der Waals surface area contributed by atoms with Crippen LogP contribution in [0.1, 0.15) is 28.8 Å². The molecule has 0 radical (unpaired) electrons. The van der Waals surface area contributed by atoms with Crippen molar-refractivity contribution in [3.8, 4) is 0 Å². The van der Waals surface area contributed by atoms with Gasteiger partial charge in [0.1, 0.15) is 5.69 Å². The number of likely N-dealkylation sites (tertiary alicyclic amines) is 1. The highest BCUT2D eigenvalue weighted by Gasteiger charge is 2.26. The first-order valence-corrected chi connectivity index (χ1v) is 6.49. The van der Waals surface area contributed by atoms with Crippen LogP contribution in [0.5, 0.6) is 0 Å². The summed E-state index contributed by atoms with van der Waals surface area (Å²) in [7, 11) is 0. The van der Waals surface area contributed by atoms with E-state index in [0.717, 1.165) is 12.8 Å². The van der Waals surface area contributed by atoms with E-state index in [-0.39, 0.29) is 28.9 Å². The molecule has 7 heteroatoms. The summed E-state index contributed by atoms with van der Waals surface area (Å²) in [5, 5.41) is 11.0. The molecule has 1 amide bonds. The van der Waals surface area contributed by atoms with Gasteiger partial charge >= 0.3 is 0 Å². The van der Waals surface area contributed by atoms with Gasteiger partial charge in [-0.2, -0.15) is 0 Å². The Morgan fingerprint density at radius 1 is 1.40 bits per heavy atom. The largest absolute Gasteiger partial charge is 0.393 e. The van der Waals surface area contributed by atoms with E-state index in [1.165, 1.54) is 6.07 Å². The van der Waals surface area contributed by atoms with E-state index >= 15 is 0 Å². The molecule has 1 aromatic carbocycles. The zero-order valence-corrected chi connectivity index (χ0v) is 11.3. The highest BCUT2D eigenvalue weighted by molar-refractivity contribution is 6.01. The third-order valence-electron chi connectivity index (χ3n) is 3.56. The highest BCUT2D eigenvalue weighted by atomic mass is 16.6. The van der Waals surface area contributed by atoms with Gasteiger partial charge < -0.3 is 16.4 Å². The van der Waals surface area contributed by atoms with E-state index < -0.39 is 4.92 Å². The molecule has 108 valence electrons. The molecule has 2 rings (SSSR count). The molecule has 0 bridgehead atoms. The van der Waals surface area contributed by atoms with E-state index in [4.69, 9.17) is 11.5 Å². The van der Waals surface area contributed by atoms with Crippen LogP contribution in [0.15, 0.2) is 12.1 Å². The van der Waals surface area contributed by atoms with Crippen LogP contribution in [-0.4, -0.2) is 34.9 Å². The molecule has 0 saturated carbocycles. The fraction of sp³-hybridized carbons (Fsp3) is 0.462. The van der Waals surface area contributed by atoms with Crippen LogP contribution in [0.2, 0.25) is 0 Å². The average molecular weight is 278 g/mol. The number of amides is 1. The molecule has 0 aliphatic carbocycles. The number of benzene rings is 1. The molecule has 1 fully saturated rings. The fourth-order valence-corrected chi connectivity index (χ4v) is 2.38. The van der Waals surface area contributed by atoms with Crippen molar-refractivity contribution in [2.24, 2.45) is 5.73 Å². The second kappa shape index (κ2) is 5.46. The molecule has 7 nitrogen and oxygen atoms in total. The Bertz CT molecular complexity index is 551. The van der Waals surface area contributed by atoms with E-state index in [1.807, 2.05) is 0 Å². The molecule has 1 saturated heterocycles. The summed E-state index contributed by atoms with van der Waals surface area (Å²) >= 11 is 0. The number of hydrogen-bond acceptors (Lipinski definition) is 5. The van der Waals surface area contributed by atoms with Crippen molar-refractivity contribution in [1.82, 2.24) is 4.90 Å². The number of carbonyl (C=O) groups excluding carboxylic acids is 1. The Morgan fingerprint density at radius 2 is 2.00 bits per heavy atom. The minimum absolute atomic E-state index is 0.0690. The molecule has 0 spiro atoms. The highest BCUT2D eigenvalue weighted by Crippen LogP contribution is 2.28. The van der Waals surface area contributed by atoms with Crippen molar-refractivity contribution in [3.63, 3.8) is 0 Å². The predicted octanol–water partition coefficient (Wildman–Crippen LogP) is 1.05. The molecule has 0 atom stereocenters. The second-order valence-electron chi connectivity index (χ2n) is 5.13. The Labute approximate surface area is 116 Å². The predicted molar refractivity (Wildman–Crippen MR) is 75.4 cm³/mol. The van der Waals surface area contributed by atoms with Gasteiger partial charge in [0.05, 0.1) is 10.5 Å². The summed E-state index contributed by atoms with van der Waals surface area (Å²) in [4.78, 5) is 24.5. The third-order valence-corrected chi connectivity index (χ3v) is 3.56. The molecule has 0 aromatic heterocycles. The number of anilines is 1. The molecular weight excluding hydrogens is 260 g/mol. The van der Waals surface area contributed by atoms with Gasteiger partial charge in [0.15, 0.2) is 0 Å². The second-order valence-corrected chi connectivity index (χ2v) is 5.13. The standard InChI is InChI=1S/C13H18N4O3/c1-8-6-10(12(15)11(7-8)17(19)20)13(18)16-4-2-9(14)3-5-16/h6-7,9H,2-5,14-15H2,1H3. The van der Waals surface area contributed by atoms with Crippen LogP contribution in [0.4, 0.5) is 11.4 Å². The summed E-state index contributed by atoms with van der Waals surface area (Å²) in [5.41, 5.74) is 12.1. The van der Waals surface area contributed by atoms with Crippen LogP contribution in [-0.2, 0) is 0 Å².